The summed E-state index contributed by atoms with van der Waals surface area (Å²) in [7, 11) is 0. The Balaban J connectivity index is 1.98. The van der Waals surface area contributed by atoms with Crippen LogP contribution in [0.5, 0.6) is 0 Å². The van der Waals surface area contributed by atoms with Gasteiger partial charge in [0.05, 0.1) is 13.0 Å². The maximum Gasteiger partial charge on any atom is 0.306 e. The van der Waals surface area contributed by atoms with Crippen LogP contribution in [-0.4, -0.2) is 12.6 Å². The number of fused-ring (bicyclic) bond motifs is 1. The number of hydrogen-bond donors (Lipinski definition) is 0. The Hall–Kier alpha value is -0.830. The predicted molar refractivity (Wildman–Crippen MR) is 56.6 cm³/mol. The molecule has 1 aromatic rings. The number of rotatable bonds is 3. The van der Waals surface area contributed by atoms with Crippen LogP contribution in [0.1, 0.15) is 36.1 Å². The lowest BCUT2D eigenvalue weighted by atomic mass is 10.1. The van der Waals surface area contributed by atoms with Crippen LogP contribution >= 0.6 is 11.3 Å². The standard InChI is InChI=1S/C11H14O2S/c1-2-13-10(12)7-9-4-3-8-5-6-14-11(8)9/h5-6,9H,2-4,7H2,1H3. The highest BCUT2D eigenvalue weighted by atomic mass is 32.1. The van der Waals surface area contributed by atoms with Gasteiger partial charge in [-0.3, -0.25) is 4.79 Å². The molecule has 1 unspecified atom stereocenters. The molecule has 0 fully saturated rings. The molecule has 0 aliphatic heterocycles. The normalized spacial score (nSPS) is 19.4. The lowest BCUT2D eigenvalue weighted by Gasteiger charge is -2.08. The van der Waals surface area contributed by atoms with Crippen LogP contribution < -0.4 is 0 Å². The van der Waals surface area contributed by atoms with Crippen molar-refractivity contribution in [2.24, 2.45) is 0 Å². The Bertz CT molecular complexity index is 330. The third-order valence-corrected chi connectivity index (χ3v) is 3.75. The van der Waals surface area contributed by atoms with Crippen LogP contribution in [0.3, 0.4) is 0 Å². The lowest BCUT2D eigenvalue weighted by Crippen LogP contribution is -2.07. The number of carbonyl (C=O) groups excluding carboxylic acids is 1. The van der Waals surface area contributed by atoms with Crippen molar-refractivity contribution in [2.45, 2.75) is 32.1 Å². The number of esters is 1. The van der Waals surface area contributed by atoms with Crippen molar-refractivity contribution in [3.63, 3.8) is 0 Å². The first-order valence-electron chi connectivity index (χ1n) is 5.03. The van der Waals surface area contributed by atoms with Crippen LogP contribution in [0, 0.1) is 0 Å². The van der Waals surface area contributed by atoms with Crippen LogP contribution in [0.25, 0.3) is 0 Å². The van der Waals surface area contributed by atoms with Crippen LogP contribution in [0.2, 0.25) is 0 Å². The van der Waals surface area contributed by atoms with Gasteiger partial charge in [0.1, 0.15) is 0 Å². The van der Waals surface area contributed by atoms with Crippen LogP contribution in [0.4, 0.5) is 0 Å². The SMILES string of the molecule is CCOC(=O)CC1CCc2ccsc21. The topological polar surface area (TPSA) is 26.3 Å². The third kappa shape index (κ3) is 1.82. The molecule has 0 saturated carbocycles. The highest BCUT2D eigenvalue weighted by molar-refractivity contribution is 7.10. The summed E-state index contributed by atoms with van der Waals surface area (Å²) in [5.74, 6) is 0.364. The fourth-order valence-corrected chi connectivity index (χ4v) is 3.08. The largest absolute Gasteiger partial charge is 0.466 e. The van der Waals surface area contributed by atoms with Crippen molar-refractivity contribution in [1.29, 1.82) is 0 Å². The molecule has 1 aromatic heterocycles. The zero-order valence-corrected chi connectivity index (χ0v) is 9.10. The summed E-state index contributed by atoms with van der Waals surface area (Å²) in [6, 6.07) is 2.17. The average molecular weight is 210 g/mol. The molecule has 14 heavy (non-hydrogen) atoms. The van der Waals surface area contributed by atoms with E-state index in [9.17, 15) is 4.79 Å². The summed E-state index contributed by atoms with van der Waals surface area (Å²) in [5, 5.41) is 2.11. The number of thiophene rings is 1. The number of hydrogen-bond acceptors (Lipinski definition) is 3. The lowest BCUT2D eigenvalue weighted by molar-refractivity contribution is -0.143. The summed E-state index contributed by atoms with van der Waals surface area (Å²) in [6.45, 7) is 2.34. The van der Waals surface area contributed by atoms with Crippen molar-refractivity contribution in [3.8, 4) is 0 Å². The van der Waals surface area contributed by atoms with E-state index in [1.165, 1.54) is 10.4 Å². The molecule has 0 spiro atoms. The van der Waals surface area contributed by atoms with E-state index in [2.05, 4.69) is 11.4 Å². The molecule has 2 rings (SSSR count). The van der Waals surface area contributed by atoms with Gasteiger partial charge in [0.15, 0.2) is 0 Å². The van der Waals surface area contributed by atoms with E-state index >= 15 is 0 Å². The monoisotopic (exact) mass is 210 g/mol. The smallest absolute Gasteiger partial charge is 0.306 e. The molecular formula is C11H14O2S. The third-order valence-electron chi connectivity index (χ3n) is 2.63. The van der Waals surface area contributed by atoms with Gasteiger partial charge in [-0.15, -0.1) is 11.3 Å². The van der Waals surface area contributed by atoms with Gasteiger partial charge >= 0.3 is 5.97 Å². The van der Waals surface area contributed by atoms with Gasteiger partial charge in [-0.25, -0.2) is 0 Å². The Morgan fingerprint density at radius 3 is 3.36 bits per heavy atom. The second-order valence-electron chi connectivity index (χ2n) is 3.55. The molecule has 1 aliphatic carbocycles. The Morgan fingerprint density at radius 2 is 2.57 bits per heavy atom. The van der Waals surface area contributed by atoms with Gasteiger partial charge in [0, 0.05) is 10.8 Å². The second-order valence-corrected chi connectivity index (χ2v) is 4.50. The molecule has 2 nitrogen and oxygen atoms in total. The van der Waals surface area contributed by atoms with Crippen LogP contribution in [0.15, 0.2) is 11.4 Å². The van der Waals surface area contributed by atoms with E-state index in [0.29, 0.717) is 18.9 Å². The minimum absolute atomic E-state index is 0.0567. The summed E-state index contributed by atoms with van der Waals surface area (Å²) in [6.07, 6.45) is 2.80. The molecule has 76 valence electrons. The van der Waals surface area contributed by atoms with Crippen molar-refractivity contribution < 1.29 is 9.53 Å². The quantitative estimate of drug-likeness (QED) is 0.717. The van der Waals surface area contributed by atoms with E-state index < -0.39 is 0 Å². The highest BCUT2D eigenvalue weighted by Crippen LogP contribution is 2.39. The van der Waals surface area contributed by atoms with E-state index in [1.54, 1.807) is 11.3 Å². The summed E-state index contributed by atoms with van der Waals surface area (Å²) in [5.41, 5.74) is 1.43. The van der Waals surface area contributed by atoms with E-state index in [4.69, 9.17) is 4.74 Å². The second kappa shape index (κ2) is 4.13. The van der Waals surface area contributed by atoms with Gasteiger partial charge in [-0.1, -0.05) is 0 Å². The zero-order chi connectivity index (χ0) is 9.97. The first-order valence-corrected chi connectivity index (χ1v) is 5.91. The van der Waals surface area contributed by atoms with Gasteiger partial charge in [-0.2, -0.15) is 0 Å². The Kier molecular flexibility index (Phi) is 2.87. The summed E-state index contributed by atoms with van der Waals surface area (Å²) in [4.78, 5) is 12.7. The van der Waals surface area contributed by atoms with Gasteiger partial charge in [0.25, 0.3) is 0 Å². The molecule has 1 aliphatic rings. The minimum Gasteiger partial charge on any atom is -0.466 e. The average Bonchev–Trinajstić information content (AvgIpc) is 2.70. The molecule has 0 bridgehead atoms. The fourth-order valence-electron chi connectivity index (χ4n) is 1.99. The van der Waals surface area contributed by atoms with Gasteiger partial charge in [-0.05, 0) is 36.8 Å². The maximum atomic E-state index is 11.3. The summed E-state index contributed by atoms with van der Waals surface area (Å²) >= 11 is 1.77. The van der Waals surface area contributed by atoms with E-state index in [-0.39, 0.29) is 5.97 Å². The first-order chi connectivity index (χ1) is 6.81. The molecule has 0 aromatic carbocycles. The minimum atomic E-state index is -0.0567. The van der Waals surface area contributed by atoms with Gasteiger partial charge < -0.3 is 4.74 Å². The Labute approximate surface area is 87.9 Å². The molecule has 0 saturated heterocycles. The maximum absolute atomic E-state index is 11.3. The number of ether oxygens (including phenoxy) is 1. The van der Waals surface area contributed by atoms with Crippen molar-refractivity contribution in [3.05, 3.63) is 21.9 Å². The molecule has 0 amide bonds. The molecule has 1 atom stereocenters. The van der Waals surface area contributed by atoms with Crippen molar-refractivity contribution in [1.82, 2.24) is 0 Å². The summed E-state index contributed by atoms with van der Waals surface area (Å²) < 4.78 is 4.96. The predicted octanol–water partition coefficient (Wildman–Crippen LogP) is 2.73. The van der Waals surface area contributed by atoms with Crippen molar-refractivity contribution >= 4 is 17.3 Å². The zero-order valence-electron chi connectivity index (χ0n) is 8.29. The molecule has 1 heterocycles. The number of aryl methyl sites for hydroxylation is 1. The van der Waals surface area contributed by atoms with E-state index in [1.807, 2.05) is 6.92 Å². The van der Waals surface area contributed by atoms with Crippen LogP contribution in [-0.2, 0) is 16.0 Å². The fraction of sp³-hybridized carbons (Fsp3) is 0.545. The Morgan fingerprint density at radius 1 is 1.71 bits per heavy atom. The van der Waals surface area contributed by atoms with E-state index in [0.717, 1.165) is 12.8 Å². The first kappa shape index (κ1) is 9.71. The molecule has 0 radical (unpaired) electrons. The molecule has 3 heteroatoms. The van der Waals surface area contributed by atoms with Crippen molar-refractivity contribution in [2.75, 3.05) is 6.61 Å². The number of carbonyl (C=O) groups is 1. The molecule has 0 N–H and O–H groups in total. The highest BCUT2D eigenvalue weighted by Gasteiger charge is 2.26. The van der Waals surface area contributed by atoms with Gasteiger partial charge in [0.2, 0.25) is 0 Å². The molecular weight excluding hydrogens is 196 g/mol.